The van der Waals surface area contributed by atoms with E-state index in [-0.39, 0.29) is 5.82 Å². The maximum absolute atomic E-state index is 13.2. The molecule has 0 bridgehead atoms. The molecule has 1 heterocycles. The first-order valence-corrected chi connectivity index (χ1v) is 6.22. The number of thiophene rings is 1. The van der Waals surface area contributed by atoms with Crippen molar-refractivity contribution in [2.45, 2.75) is 0 Å². The maximum Gasteiger partial charge on any atom is 0.253 e. The van der Waals surface area contributed by atoms with Crippen LogP contribution in [0.4, 0.5) is 4.39 Å². The predicted octanol–water partition coefficient (Wildman–Crippen LogP) is 4.57. The Morgan fingerprint density at radius 1 is 1.18 bits per heavy atom. The summed E-state index contributed by atoms with van der Waals surface area (Å²) in [6.45, 7) is 0. The topological polar surface area (TPSA) is 17.1 Å². The Hall–Kier alpha value is -1.45. The Morgan fingerprint density at radius 2 is 2.00 bits per heavy atom. The van der Waals surface area contributed by atoms with Crippen molar-refractivity contribution in [3.05, 3.63) is 47.1 Å². The van der Waals surface area contributed by atoms with Gasteiger partial charge in [0.05, 0.1) is 5.56 Å². The summed E-state index contributed by atoms with van der Waals surface area (Å²) in [5.41, 5.74) is 0.482. The van der Waals surface area contributed by atoms with Crippen LogP contribution in [0.5, 0.6) is 0 Å². The van der Waals surface area contributed by atoms with Gasteiger partial charge in [-0.1, -0.05) is 6.07 Å². The third kappa shape index (κ3) is 1.63. The van der Waals surface area contributed by atoms with Crippen molar-refractivity contribution < 1.29 is 9.18 Å². The fraction of sp³-hybridized carbons (Fsp3) is 0. The fourth-order valence-electron chi connectivity index (χ4n) is 1.98. The summed E-state index contributed by atoms with van der Waals surface area (Å²) in [7, 11) is 0. The van der Waals surface area contributed by atoms with Crippen molar-refractivity contribution in [3.8, 4) is 0 Å². The molecule has 1 nitrogen and oxygen atoms in total. The van der Waals surface area contributed by atoms with Crippen LogP contribution in [-0.4, -0.2) is 5.24 Å². The Kier molecular flexibility index (Phi) is 2.38. The smallest absolute Gasteiger partial charge is 0.253 e. The SMILES string of the molecule is O=C(Cl)c1cc2ccc(F)cc2c2ccsc12. The highest BCUT2D eigenvalue weighted by molar-refractivity contribution is 7.18. The predicted molar refractivity (Wildman–Crippen MR) is 69.5 cm³/mol. The van der Waals surface area contributed by atoms with E-state index in [0.29, 0.717) is 5.56 Å². The zero-order valence-corrected chi connectivity index (χ0v) is 10.1. The Bertz CT molecular complexity index is 748. The molecule has 4 heteroatoms. The molecule has 0 atom stereocenters. The molecule has 0 saturated heterocycles. The molecule has 2 aromatic carbocycles. The van der Waals surface area contributed by atoms with E-state index >= 15 is 0 Å². The molecule has 1 aromatic heterocycles. The first-order chi connectivity index (χ1) is 8.16. The monoisotopic (exact) mass is 264 g/mol. The lowest BCUT2D eigenvalue weighted by molar-refractivity contribution is 0.108. The van der Waals surface area contributed by atoms with Gasteiger partial charge in [0.2, 0.25) is 0 Å². The summed E-state index contributed by atoms with van der Waals surface area (Å²) < 4.78 is 14.0. The summed E-state index contributed by atoms with van der Waals surface area (Å²) in [5.74, 6) is -0.282. The lowest BCUT2D eigenvalue weighted by Crippen LogP contribution is -1.90. The van der Waals surface area contributed by atoms with Gasteiger partial charge < -0.3 is 0 Å². The van der Waals surface area contributed by atoms with E-state index in [0.717, 1.165) is 20.9 Å². The second-order valence-corrected chi connectivity index (χ2v) is 4.99. The van der Waals surface area contributed by atoms with Crippen LogP contribution in [0.25, 0.3) is 20.9 Å². The van der Waals surface area contributed by atoms with Crippen LogP contribution in [0, 0.1) is 5.82 Å². The van der Waals surface area contributed by atoms with Crippen molar-refractivity contribution in [1.82, 2.24) is 0 Å². The lowest BCUT2D eigenvalue weighted by Gasteiger charge is -2.03. The summed E-state index contributed by atoms with van der Waals surface area (Å²) >= 11 is 7.00. The number of carbonyl (C=O) groups excluding carboxylic acids is 1. The van der Waals surface area contributed by atoms with Crippen LogP contribution in [0.2, 0.25) is 0 Å². The highest BCUT2D eigenvalue weighted by Crippen LogP contribution is 2.33. The molecular weight excluding hydrogens is 259 g/mol. The molecule has 0 radical (unpaired) electrons. The maximum atomic E-state index is 13.2. The fourth-order valence-corrected chi connectivity index (χ4v) is 3.11. The van der Waals surface area contributed by atoms with Crippen LogP contribution in [0.15, 0.2) is 35.7 Å². The van der Waals surface area contributed by atoms with E-state index in [2.05, 4.69) is 0 Å². The largest absolute Gasteiger partial charge is 0.276 e. The quantitative estimate of drug-likeness (QED) is 0.588. The van der Waals surface area contributed by atoms with Gasteiger partial charge in [-0.05, 0) is 52.0 Å². The number of carbonyl (C=O) groups is 1. The molecule has 0 N–H and O–H groups in total. The Balaban J connectivity index is 2.55. The van der Waals surface area contributed by atoms with E-state index < -0.39 is 5.24 Å². The van der Waals surface area contributed by atoms with Crippen LogP contribution in [0.3, 0.4) is 0 Å². The zero-order valence-electron chi connectivity index (χ0n) is 8.54. The van der Waals surface area contributed by atoms with Crippen molar-refractivity contribution in [2.75, 3.05) is 0 Å². The van der Waals surface area contributed by atoms with Gasteiger partial charge in [-0.2, -0.15) is 0 Å². The first kappa shape index (κ1) is 10.7. The van der Waals surface area contributed by atoms with Crippen molar-refractivity contribution >= 4 is 49.0 Å². The third-order valence-electron chi connectivity index (χ3n) is 2.73. The molecule has 0 fully saturated rings. The molecule has 0 amide bonds. The van der Waals surface area contributed by atoms with Crippen LogP contribution < -0.4 is 0 Å². The summed E-state index contributed by atoms with van der Waals surface area (Å²) in [5, 5.41) is 3.89. The summed E-state index contributed by atoms with van der Waals surface area (Å²) in [6, 6.07) is 8.11. The zero-order chi connectivity index (χ0) is 12.0. The number of halogens is 2. The van der Waals surface area contributed by atoms with E-state index in [1.807, 2.05) is 11.4 Å². The first-order valence-electron chi connectivity index (χ1n) is 4.96. The Labute approximate surface area is 105 Å². The van der Waals surface area contributed by atoms with Gasteiger partial charge in [0, 0.05) is 10.1 Å². The molecule has 3 rings (SSSR count). The second-order valence-electron chi connectivity index (χ2n) is 3.73. The van der Waals surface area contributed by atoms with Gasteiger partial charge in [0.25, 0.3) is 5.24 Å². The summed E-state index contributed by atoms with van der Waals surface area (Å²) in [4.78, 5) is 11.4. The van der Waals surface area contributed by atoms with Crippen molar-refractivity contribution in [3.63, 3.8) is 0 Å². The molecule has 17 heavy (non-hydrogen) atoms. The standard InChI is InChI=1S/C13H6ClFOS/c14-13(16)11-5-7-1-2-8(15)6-10(7)9-3-4-17-12(9)11/h1-6H. The van der Waals surface area contributed by atoms with E-state index in [4.69, 9.17) is 11.6 Å². The average Bonchev–Trinajstić information content (AvgIpc) is 2.76. The number of rotatable bonds is 1. The minimum atomic E-state index is -0.483. The molecule has 3 aromatic rings. The molecule has 84 valence electrons. The highest BCUT2D eigenvalue weighted by atomic mass is 35.5. The molecule has 0 aliphatic rings. The Morgan fingerprint density at radius 3 is 2.76 bits per heavy atom. The van der Waals surface area contributed by atoms with Crippen LogP contribution >= 0.6 is 22.9 Å². The van der Waals surface area contributed by atoms with E-state index in [1.54, 1.807) is 12.1 Å². The number of fused-ring (bicyclic) bond motifs is 3. The number of hydrogen-bond donors (Lipinski definition) is 0. The third-order valence-corrected chi connectivity index (χ3v) is 3.88. The number of hydrogen-bond acceptors (Lipinski definition) is 2. The highest BCUT2D eigenvalue weighted by Gasteiger charge is 2.12. The number of benzene rings is 2. The lowest BCUT2D eigenvalue weighted by atomic mass is 10.0. The van der Waals surface area contributed by atoms with Gasteiger partial charge in [0.1, 0.15) is 5.82 Å². The van der Waals surface area contributed by atoms with Crippen molar-refractivity contribution in [2.24, 2.45) is 0 Å². The minimum absolute atomic E-state index is 0.282. The molecule has 0 aliphatic carbocycles. The van der Waals surface area contributed by atoms with Crippen molar-refractivity contribution in [1.29, 1.82) is 0 Å². The van der Waals surface area contributed by atoms with Gasteiger partial charge >= 0.3 is 0 Å². The summed E-state index contributed by atoms with van der Waals surface area (Å²) in [6.07, 6.45) is 0. The van der Waals surface area contributed by atoms with E-state index in [9.17, 15) is 9.18 Å². The van der Waals surface area contributed by atoms with Gasteiger partial charge in [0.15, 0.2) is 0 Å². The average molecular weight is 265 g/mol. The normalized spacial score (nSPS) is 11.2. The molecule has 0 saturated carbocycles. The van der Waals surface area contributed by atoms with Gasteiger partial charge in [-0.3, -0.25) is 4.79 Å². The van der Waals surface area contributed by atoms with Gasteiger partial charge in [-0.15, -0.1) is 11.3 Å². The van der Waals surface area contributed by atoms with Crippen LogP contribution in [-0.2, 0) is 0 Å². The molecule has 0 unspecified atom stereocenters. The minimum Gasteiger partial charge on any atom is -0.276 e. The molecular formula is C13H6ClFOS. The molecule has 0 aliphatic heterocycles. The van der Waals surface area contributed by atoms with Crippen LogP contribution in [0.1, 0.15) is 10.4 Å². The second kappa shape index (κ2) is 3.79. The molecule has 0 spiro atoms. The van der Waals surface area contributed by atoms with E-state index in [1.165, 1.54) is 23.5 Å². The van der Waals surface area contributed by atoms with Gasteiger partial charge in [-0.25, -0.2) is 4.39 Å².